The number of carbonyl (C=O) groups excluding carboxylic acids is 2. The van der Waals surface area contributed by atoms with Crippen LogP contribution in [0.1, 0.15) is 35.9 Å². The van der Waals surface area contributed by atoms with E-state index < -0.39 is 0 Å². The lowest BCUT2D eigenvalue weighted by Crippen LogP contribution is -2.39. The van der Waals surface area contributed by atoms with Crippen LogP contribution in [0.2, 0.25) is 0 Å². The molecule has 0 bridgehead atoms. The Morgan fingerprint density at radius 1 is 1.37 bits per heavy atom. The minimum absolute atomic E-state index is 0.00913. The number of carbonyl (C=O) groups is 2. The molecule has 1 saturated heterocycles. The van der Waals surface area contributed by atoms with Crippen molar-refractivity contribution in [2.24, 2.45) is 0 Å². The number of amides is 2. The molecule has 104 valence electrons. The molecule has 0 aromatic carbocycles. The molecule has 0 spiro atoms. The van der Waals surface area contributed by atoms with Gasteiger partial charge in [-0.2, -0.15) is 5.10 Å². The van der Waals surface area contributed by atoms with Crippen molar-refractivity contribution in [1.29, 1.82) is 0 Å². The summed E-state index contributed by atoms with van der Waals surface area (Å²) < 4.78 is 1.64. The molecular formula is C13H20N4O2. The summed E-state index contributed by atoms with van der Waals surface area (Å²) in [5.41, 5.74) is 1.31. The number of aromatic nitrogens is 2. The Morgan fingerprint density at radius 2 is 2.05 bits per heavy atom. The highest BCUT2D eigenvalue weighted by molar-refractivity contribution is 5.95. The summed E-state index contributed by atoms with van der Waals surface area (Å²) in [7, 11) is 0. The molecule has 1 aromatic heterocycles. The standard InChI is InChI=1S/C13H20N4O2/c1-3-17-11(8-10(2)15-17)13(19)14-9-12(18)16-6-4-5-7-16/h8H,3-7,9H2,1-2H3,(H,14,19). The molecule has 1 aliphatic heterocycles. The molecule has 0 aliphatic carbocycles. The van der Waals surface area contributed by atoms with E-state index in [0.717, 1.165) is 31.6 Å². The van der Waals surface area contributed by atoms with E-state index in [0.29, 0.717) is 12.2 Å². The van der Waals surface area contributed by atoms with Gasteiger partial charge in [0.1, 0.15) is 5.69 Å². The van der Waals surface area contributed by atoms with E-state index in [1.165, 1.54) is 0 Å². The summed E-state index contributed by atoms with van der Waals surface area (Å²) in [6, 6.07) is 1.74. The fourth-order valence-corrected chi connectivity index (χ4v) is 2.29. The van der Waals surface area contributed by atoms with Crippen LogP contribution in [0.4, 0.5) is 0 Å². The summed E-state index contributed by atoms with van der Waals surface area (Å²) >= 11 is 0. The molecule has 1 N–H and O–H groups in total. The first-order chi connectivity index (χ1) is 9.11. The van der Waals surface area contributed by atoms with Crippen LogP contribution >= 0.6 is 0 Å². The third-order valence-electron chi connectivity index (χ3n) is 3.29. The van der Waals surface area contributed by atoms with Gasteiger partial charge in [-0.1, -0.05) is 0 Å². The van der Waals surface area contributed by atoms with Gasteiger partial charge >= 0.3 is 0 Å². The molecule has 1 aliphatic rings. The van der Waals surface area contributed by atoms with Crippen molar-refractivity contribution in [2.75, 3.05) is 19.6 Å². The van der Waals surface area contributed by atoms with E-state index >= 15 is 0 Å². The van der Waals surface area contributed by atoms with Crippen molar-refractivity contribution >= 4 is 11.8 Å². The minimum Gasteiger partial charge on any atom is -0.342 e. The quantitative estimate of drug-likeness (QED) is 0.864. The van der Waals surface area contributed by atoms with Gasteiger partial charge in [0, 0.05) is 19.6 Å². The van der Waals surface area contributed by atoms with E-state index in [9.17, 15) is 9.59 Å². The van der Waals surface area contributed by atoms with Gasteiger partial charge in [-0.3, -0.25) is 14.3 Å². The molecular weight excluding hydrogens is 244 g/mol. The highest BCUT2D eigenvalue weighted by Crippen LogP contribution is 2.07. The number of rotatable bonds is 4. The lowest BCUT2D eigenvalue weighted by atomic mass is 10.3. The molecule has 0 radical (unpaired) electrons. The lowest BCUT2D eigenvalue weighted by Gasteiger charge is -2.15. The van der Waals surface area contributed by atoms with Crippen LogP contribution < -0.4 is 5.32 Å². The van der Waals surface area contributed by atoms with Gasteiger partial charge in [0.05, 0.1) is 12.2 Å². The molecule has 0 saturated carbocycles. The van der Waals surface area contributed by atoms with Crippen LogP contribution in [0, 0.1) is 6.92 Å². The predicted molar refractivity (Wildman–Crippen MR) is 70.8 cm³/mol. The number of hydrogen-bond donors (Lipinski definition) is 1. The van der Waals surface area contributed by atoms with Crippen molar-refractivity contribution in [3.8, 4) is 0 Å². The Bertz CT molecular complexity index is 475. The highest BCUT2D eigenvalue weighted by atomic mass is 16.2. The molecule has 6 nitrogen and oxygen atoms in total. The summed E-state index contributed by atoms with van der Waals surface area (Å²) in [5, 5.41) is 6.89. The number of nitrogens with one attached hydrogen (secondary N) is 1. The molecule has 2 amide bonds. The van der Waals surface area contributed by atoms with Gasteiger partial charge in [0.25, 0.3) is 5.91 Å². The Hall–Kier alpha value is -1.85. The van der Waals surface area contributed by atoms with Crippen LogP contribution in [0.3, 0.4) is 0 Å². The monoisotopic (exact) mass is 264 g/mol. The van der Waals surface area contributed by atoms with Gasteiger partial charge in [0.2, 0.25) is 5.91 Å². The summed E-state index contributed by atoms with van der Waals surface area (Å²) in [6.07, 6.45) is 2.11. The van der Waals surface area contributed by atoms with E-state index in [1.807, 2.05) is 13.8 Å². The number of nitrogens with zero attached hydrogens (tertiary/aromatic N) is 3. The molecule has 2 rings (SSSR count). The van der Waals surface area contributed by atoms with Gasteiger partial charge in [0.15, 0.2) is 0 Å². The Kier molecular flexibility index (Phi) is 4.19. The summed E-state index contributed by atoms with van der Waals surface area (Å²) in [4.78, 5) is 25.6. The van der Waals surface area contributed by atoms with Gasteiger partial charge in [-0.15, -0.1) is 0 Å². The first-order valence-electron chi connectivity index (χ1n) is 6.72. The Balaban J connectivity index is 1.91. The van der Waals surface area contributed by atoms with Gasteiger partial charge in [-0.05, 0) is 32.8 Å². The fourth-order valence-electron chi connectivity index (χ4n) is 2.29. The first kappa shape index (κ1) is 13.6. The van der Waals surface area contributed by atoms with Crippen LogP contribution in [0.15, 0.2) is 6.07 Å². The zero-order valence-electron chi connectivity index (χ0n) is 11.5. The molecule has 19 heavy (non-hydrogen) atoms. The van der Waals surface area contributed by atoms with Crippen LogP contribution in [0.25, 0.3) is 0 Å². The van der Waals surface area contributed by atoms with Crippen molar-refractivity contribution in [1.82, 2.24) is 20.0 Å². The topological polar surface area (TPSA) is 67.2 Å². The largest absolute Gasteiger partial charge is 0.342 e. The van der Waals surface area contributed by atoms with E-state index in [1.54, 1.807) is 15.6 Å². The third-order valence-corrected chi connectivity index (χ3v) is 3.29. The van der Waals surface area contributed by atoms with E-state index in [2.05, 4.69) is 10.4 Å². The molecule has 1 aromatic rings. The lowest BCUT2D eigenvalue weighted by molar-refractivity contribution is -0.129. The SMILES string of the molecule is CCn1nc(C)cc1C(=O)NCC(=O)N1CCCC1. The maximum Gasteiger partial charge on any atom is 0.269 e. The zero-order valence-corrected chi connectivity index (χ0v) is 11.5. The molecule has 1 fully saturated rings. The second kappa shape index (κ2) is 5.86. The maximum absolute atomic E-state index is 12.0. The van der Waals surface area contributed by atoms with Crippen molar-refractivity contribution in [3.63, 3.8) is 0 Å². The highest BCUT2D eigenvalue weighted by Gasteiger charge is 2.19. The number of aryl methyl sites for hydroxylation is 2. The zero-order chi connectivity index (χ0) is 13.8. The predicted octanol–water partition coefficient (Wildman–Crippen LogP) is 0.564. The fraction of sp³-hybridized carbons (Fsp3) is 0.615. The van der Waals surface area contributed by atoms with E-state index in [-0.39, 0.29) is 18.4 Å². The van der Waals surface area contributed by atoms with Gasteiger partial charge < -0.3 is 10.2 Å². The maximum atomic E-state index is 12.0. The smallest absolute Gasteiger partial charge is 0.269 e. The normalized spacial score (nSPS) is 14.7. The third kappa shape index (κ3) is 3.13. The van der Waals surface area contributed by atoms with Crippen LogP contribution in [0.5, 0.6) is 0 Å². The second-order valence-electron chi connectivity index (χ2n) is 4.76. The second-order valence-corrected chi connectivity index (χ2v) is 4.76. The molecule has 6 heteroatoms. The van der Waals surface area contributed by atoms with Crippen molar-refractivity contribution < 1.29 is 9.59 Å². The average Bonchev–Trinajstić information content (AvgIpc) is 3.04. The van der Waals surface area contributed by atoms with Gasteiger partial charge in [-0.25, -0.2) is 0 Å². The molecule has 2 heterocycles. The van der Waals surface area contributed by atoms with Crippen LogP contribution in [-0.4, -0.2) is 46.1 Å². The van der Waals surface area contributed by atoms with Crippen molar-refractivity contribution in [3.05, 3.63) is 17.5 Å². The first-order valence-corrected chi connectivity index (χ1v) is 6.72. The summed E-state index contributed by atoms with van der Waals surface area (Å²) in [6.45, 7) is 6.09. The Labute approximate surface area is 112 Å². The average molecular weight is 264 g/mol. The van der Waals surface area contributed by atoms with Crippen LogP contribution in [-0.2, 0) is 11.3 Å². The molecule has 0 atom stereocenters. The molecule has 0 unspecified atom stereocenters. The van der Waals surface area contributed by atoms with E-state index in [4.69, 9.17) is 0 Å². The Morgan fingerprint density at radius 3 is 2.68 bits per heavy atom. The van der Waals surface area contributed by atoms with Crippen molar-refractivity contribution in [2.45, 2.75) is 33.2 Å². The number of likely N-dealkylation sites (tertiary alicyclic amines) is 1. The number of hydrogen-bond acceptors (Lipinski definition) is 3. The minimum atomic E-state index is -0.241. The summed E-state index contributed by atoms with van der Waals surface area (Å²) in [5.74, 6) is -0.250.